The average molecular weight is 472 g/mol. The molecule has 2 heterocycles. The number of hydrogen-bond acceptors (Lipinski definition) is 5. The van der Waals surface area contributed by atoms with Crippen LogP contribution in [0.2, 0.25) is 5.02 Å². The maximum atomic E-state index is 13.1. The lowest BCUT2D eigenvalue weighted by molar-refractivity contribution is -0.137. The van der Waals surface area contributed by atoms with Gasteiger partial charge in [0.25, 0.3) is 5.91 Å². The number of carbonyl (C=O) groups excluding carboxylic acids is 1. The van der Waals surface area contributed by atoms with Crippen molar-refractivity contribution in [1.82, 2.24) is 15.0 Å². The van der Waals surface area contributed by atoms with Crippen molar-refractivity contribution in [2.45, 2.75) is 20.0 Å². The summed E-state index contributed by atoms with van der Waals surface area (Å²) in [6.07, 6.45) is -1.52. The summed E-state index contributed by atoms with van der Waals surface area (Å²) in [5.74, 6) is -0.108. The van der Waals surface area contributed by atoms with E-state index in [9.17, 15) is 18.0 Å². The highest BCUT2D eigenvalue weighted by atomic mass is 35.5. The molecule has 0 bridgehead atoms. The molecule has 0 radical (unpaired) electrons. The Balaban J connectivity index is 1.61. The Bertz CT molecular complexity index is 1370. The molecular weight excluding hydrogens is 455 g/mol. The first kappa shape index (κ1) is 22.5. The quantitative estimate of drug-likeness (QED) is 0.364. The number of amides is 1. The lowest BCUT2D eigenvalue weighted by atomic mass is 10.1. The van der Waals surface area contributed by atoms with Gasteiger partial charge in [-0.1, -0.05) is 17.7 Å². The standard InChI is InChI=1S/C23H17ClF3N5O/c1-12-7-19-20(28-10-12)21(30-11-29-19)32-18-8-14(4-3-13(18)2)22(33)31-15-5-6-17(24)16(9-15)23(25,26)27/h3-11H,1-2H3,(H,31,33)(H,29,30,32). The molecule has 10 heteroatoms. The van der Waals surface area contributed by atoms with Crippen LogP contribution in [-0.4, -0.2) is 20.9 Å². The molecular formula is C23H17ClF3N5O. The fourth-order valence-corrected chi connectivity index (χ4v) is 3.41. The van der Waals surface area contributed by atoms with Crippen molar-refractivity contribution in [2.75, 3.05) is 10.6 Å². The van der Waals surface area contributed by atoms with Crippen molar-refractivity contribution >= 4 is 45.7 Å². The molecule has 0 aliphatic carbocycles. The number of aromatic nitrogens is 3. The van der Waals surface area contributed by atoms with E-state index in [4.69, 9.17) is 11.6 Å². The summed E-state index contributed by atoms with van der Waals surface area (Å²) in [5, 5.41) is 5.21. The van der Waals surface area contributed by atoms with Gasteiger partial charge in [0, 0.05) is 23.1 Å². The minimum absolute atomic E-state index is 0.0202. The Morgan fingerprint density at radius 3 is 2.55 bits per heavy atom. The number of hydrogen-bond donors (Lipinski definition) is 2. The lowest BCUT2D eigenvalue weighted by Crippen LogP contribution is -2.14. The highest BCUT2D eigenvalue weighted by Gasteiger charge is 2.33. The van der Waals surface area contributed by atoms with Crippen molar-refractivity contribution in [2.24, 2.45) is 0 Å². The molecule has 4 aromatic rings. The zero-order chi connectivity index (χ0) is 23.8. The zero-order valence-corrected chi connectivity index (χ0v) is 18.2. The molecule has 0 atom stereocenters. The van der Waals surface area contributed by atoms with Crippen molar-refractivity contribution < 1.29 is 18.0 Å². The van der Waals surface area contributed by atoms with Crippen LogP contribution < -0.4 is 10.6 Å². The molecule has 2 aromatic carbocycles. The molecule has 168 valence electrons. The van der Waals surface area contributed by atoms with Crippen LogP contribution in [0.3, 0.4) is 0 Å². The minimum Gasteiger partial charge on any atom is -0.338 e. The summed E-state index contributed by atoms with van der Waals surface area (Å²) >= 11 is 5.64. The molecule has 0 unspecified atom stereocenters. The SMILES string of the molecule is Cc1cnc2c(Nc3cc(C(=O)Nc4ccc(Cl)c(C(F)(F)F)c4)ccc3C)ncnc2c1. The maximum Gasteiger partial charge on any atom is 0.417 e. The number of alkyl halides is 3. The number of halogens is 4. The topological polar surface area (TPSA) is 79.8 Å². The van der Waals surface area contributed by atoms with E-state index < -0.39 is 22.7 Å². The predicted octanol–water partition coefficient (Wildman–Crippen LogP) is 6.31. The minimum atomic E-state index is -4.63. The number of anilines is 3. The van der Waals surface area contributed by atoms with E-state index in [-0.39, 0.29) is 11.3 Å². The van der Waals surface area contributed by atoms with E-state index in [1.54, 1.807) is 24.4 Å². The summed E-state index contributed by atoms with van der Waals surface area (Å²) < 4.78 is 39.3. The van der Waals surface area contributed by atoms with Crippen LogP contribution in [0.4, 0.5) is 30.4 Å². The smallest absolute Gasteiger partial charge is 0.338 e. The fourth-order valence-electron chi connectivity index (χ4n) is 3.19. The van der Waals surface area contributed by atoms with E-state index in [0.29, 0.717) is 22.5 Å². The van der Waals surface area contributed by atoms with Gasteiger partial charge in [-0.3, -0.25) is 9.78 Å². The van der Waals surface area contributed by atoms with E-state index in [0.717, 1.165) is 23.3 Å². The highest BCUT2D eigenvalue weighted by Crippen LogP contribution is 2.36. The van der Waals surface area contributed by atoms with Gasteiger partial charge in [-0.15, -0.1) is 0 Å². The number of rotatable bonds is 4. The monoisotopic (exact) mass is 471 g/mol. The molecule has 2 N–H and O–H groups in total. The first-order valence-corrected chi connectivity index (χ1v) is 10.1. The van der Waals surface area contributed by atoms with Gasteiger partial charge in [-0.25, -0.2) is 9.97 Å². The van der Waals surface area contributed by atoms with Gasteiger partial charge in [0.05, 0.1) is 16.1 Å². The summed E-state index contributed by atoms with van der Waals surface area (Å²) in [6.45, 7) is 3.76. The first-order chi connectivity index (χ1) is 15.6. The summed E-state index contributed by atoms with van der Waals surface area (Å²) in [4.78, 5) is 25.6. The first-order valence-electron chi connectivity index (χ1n) is 9.75. The molecule has 6 nitrogen and oxygen atoms in total. The molecule has 4 rings (SSSR count). The summed E-state index contributed by atoms with van der Waals surface area (Å²) in [6, 6.07) is 9.98. The van der Waals surface area contributed by atoms with Crippen molar-refractivity contribution in [3.05, 3.63) is 82.3 Å². The largest absolute Gasteiger partial charge is 0.417 e. The third-order valence-corrected chi connectivity index (χ3v) is 5.22. The van der Waals surface area contributed by atoms with Gasteiger partial charge in [-0.05, 0) is 61.4 Å². The predicted molar refractivity (Wildman–Crippen MR) is 121 cm³/mol. The summed E-state index contributed by atoms with van der Waals surface area (Å²) in [5.41, 5.74) is 2.82. The number of benzene rings is 2. The molecule has 0 aliphatic rings. The van der Waals surface area contributed by atoms with Crippen LogP contribution in [-0.2, 0) is 6.18 Å². The van der Waals surface area contributed by atoms with Crippen LogP contribution >= 0.6 is 11.6 Å². The van der Waals surface area contributed by atoms with E-state index >= 15 is 0 Å². The number of carbonyl (C=O) groups is 1. The van der Waals surface area contributed by atoms with Crippen LogP contribution in [0.1, 0.15) is 27.0 Å². The van der Waals surface area contributed by atoms with Gasteiger partial charge in [-0.2, -0.15) is 13.2 Å². The van der Waals surface area contributed by atoms with E-state index in [1.165, 1.54) is 12.4 Å². The van der Waals surface area contributed by atoms with Crippen molar-refractivity contribution in [1.29, 1.82) is 0 Å². The number of aryl methyl sites for hydroxylation is 2. The molecule has 2 aromatic heterocycles. The summed E-state index contributed by atoms with van der Waals surface area (Å²) in [7, 11) is 0. The Kier molecular flexibility index (Phi) is 5.90. The number of fused-ring (bicyclic) bond motifs is 1. The fraction of sp³-hybridized carbons (Fsp3) is 0.130. The molecule has 0 fully saturated rings. The van der Waals surface area contributed by atoms with E-state index in [2.05, 4.69) is 25.6 Å². The molecule has 1 amide bonds. The van der Waals surface area contributed by atoms with Gasteiger partial charge >= 0.3 is 6.18 Å². The third-order valence-electron chi connectivity index (χ3n) is 4.89. The van der Waals surface area contributed by atoms with Crippen molar-refractivity contribution in [3.8, 4) is 0 Å². The second-order valence-electron chi connectivity index (χ2n) is 7.40. The molecule has 0 saturated carbocycles. The highest BCUT2D eigenvalue weighted by molar-refractivity contribution is 6.31. The Morgan fingerprint density at radius 1 is 1.00 bits per heavy atom. The Labute approximate surface area is 191 Å². The van der Waals surface area contributed by atoms with Gasteiger partial charge in [0.15, 0.2) is 5.82 Å². The number of pyridine rings is 1. The Hall–Kier alpha value is -3.72. The molecule has 0 saturated heterocycles. The van der Waals surface area contributed by atoms with Crippen molar-refractivity contribution in [3.63, 3.8) is 0 Å². The Morgan fingerprint density at radius 2 is 1.79 bits per heavy atom. The van der Waals surface area contributed by atoms with Gasteiger partial charge < -0.3 is 10.6 Å². The van der Waals surface area contributed by atoms with Crippen LogP contribution in [0, 0.1) is 13.8 Å². The maximum absolute atomic E-state index is 13.1. The number of nitrogens with zero attached hydrogens (tertiary/aromatic N) is 3. The van der Waals surface area contributed by atoms with Gasteiger partial charge in [0.1, 0.15) is 11.8 Å². The molecule has 0 aliphatic heterocycles. The molecule has 33 heavy (non-hydrogen) atoms. The second kappa shape index (κ2) is 8.67. The van der Waals surface area contributed by atoms with Crippen LogP contribution in [0.15, 0.2) is 55.0 Å². The third kappa shape index (κ3) is 4.88. The second-order valence-corrected chi connectivity index (χ2v) is 7.81. The average Bonchev–Trinajstić information content (AvgIpc) is 2.75. The van der Waals surface area contributed by atoms with Crippen LogP contribution in [0.25, 0.3) is 11.0 Å². The zero-order valence-electron chi connectivity index (χ0n) is 17.5. The molecule has 0 spiro atoms. The van der Waals surface area contributed by atoms with Gasteiger partial charge in [0.2, 0.25) is 0 Å². The van der Waals surface area contributed by atoms with E-state index in [1.807, 2.05) is 19.9 Å². The normalized spacial score (nSPS) is 11.5. The lowest BCUT2D eigenvalue weighted by Gasteiger charge is -2.14. The number of nitrogens with one attached hydrogen (secondary N) is 2. The van der Waals surface area contributed by atoms with Crippen LogP contribution in [0.5, 0.6) is 0 Å².